The number of carbonyl (C=O) groups excluding carboxylic acids is 1. The first-order valence-corrected chi connectivity index (χ1v) is 7.69. The Morgan fingerprint density at radius 3 is 2.82 bits per heavy atom. The van der Waals surface area contributed by atoms with Gasteiger partial charge in [-0.2, -0.15) is 0 Å². The van der Waals surface area contributed by atoms with Crippen LogP contribution in [-0.4, -0.2) is 34.9 Å². The van der Waals surface area contributed by atoms with Crippen LogP contribution >= 0.6 is 0 Å². The molecule has 0 bridgehead atoms. The van der Waals surface area contributed by atoms with Crippen molar-refractivity contribution in [3.8, 4) is 11.3 Å². The molecule has 1 aromatic carbocycles. The lowest BCUT2D eigenvalue weighted by Crippen LogP contribution is -2.49. The number of rotatable bonds is 3. The molecule has 1 aliphatic heterocycles. The average molecular weight is 299 g/mol. The van der Waals surface area contributed by atoms with E-state index in [9.17, 15) is 4.79 Å². The number of likely N-dealkylation sites (tertiary alicyclic amines) is 1. The van der Waals surface area contributed by atoms with Gasteiger partial charge < -0.3 is 15.1 Å². The van der Waals surface area contributed by atoms with E-state index in [1.54, 1.807) is 6.20 Å². The van der Waals surface area contributed by atoms with Gasteiger partial charge in [0.05, 0.1) is 6.20 Å². The maximum absolute atomic E-state index is 12.7. The fraction of sp³-hybridized carbons (Fsp3) is 0.412. The van der Waals surface area contributed by atoms with E-state index >= 15 is 0 Å². The van der Waals surface area contributed by atoms with Gasteiger partial charge in [-0.3, -0.25) is 4.79 Å². The summed E-state index contributed by atoms with van der Waals surface area (Å²) in [6.45, 7) is 3.52. The summed E-state index contributed by atoms with van der Waals surface area (Å²) in [5, 5.41) is 0. The highest BCUT2D eigenvalue weighted by molar-refractivity contribution is 5.95. The molecule has 1 aromatic heterocycles. The van der Waals surface area contributed by atoms with Crippen LogP contribution in [0.1, 0.15) is 30.1 Å². The van der Waals surface area contributed by atoms with E-state index in [1.807, 2.05) is 29.2 Å². The molecule has 2 aromatic rings. The maximum Gasteiger partial charge on any atom is 0.254 e. The second kappa shape index (κ2) is 6.32. The molecule has 0 radical (unpaired) electrons. The van der Waals surface area contributed by atoms with Gasteiger partial charge >= 0.3 is 0 Å². The van der Waals surface area contributed by atoms with E-state index in [0.717, 1.165) is 24.9 Å². The minimum absolute atomic E-state index is 0.0615. The molecule has 0 aliphatic carbocycles. The quantitative estimate of drug-likeness (QED) is 0.945. The van der Waals surface area contributed by atoms with E-state index in [2.05, 4.69) is 11.9 Å². The standard InChI is InChI=1S/C17H21N3O2/c1-12-6-7-20(15(8-12)9-18)17(21)14-4-2-13(3-5-14)16-10-19-11-22-16/h2-5,10-12,15H,6-9,18H2,1H3. The number of amides is 1. The third kappa shape index (κ3) is 2.90. The average Bonchev–Trinajstić information content (AvgIpc) is 3.08. The Morgan fingerprint density at radius 1 is 1.41 bits per heavy atom. The van der Waals surface area contributed by atoms with E-state index in [4.69, 9.17) is 10.2 Å². The van der Waals surface area contributed by atoms with Gasteiger partial charge in [-0.05, 0) is 30.9 Å². The zero-order chi connectivity index (χ0) is 15.5. The monoisotopic (exact) mass is 299 g/mol. The summed E-state index contributed by atoms with van der Waals surface area (Å²) in [5.41, 5.74) is 7.45. The fourth-order valence-electron chi connectivity index (χ4n) is 3.04. The number of carbonyl (C=O) groups is 1. The van der Waals surface area contributed by atoms with Crippen LogP contribution in [0.15, 0.2) is 41.3 Å². The lowest BCUT2D eigenvalue weighted by Gasteiger charge is -2.38. The Labute approximate surface area is 130 Å². The minimum Gasteiger partial charge on any atom is -0.444 e. The van der Waals surface area contributed by atoms with Crippen LogP contribution in [-0.2, 0) is 0 Å². The van der Waals surface area contributed by atoms with Gasteiger partial charge in [-0.25, -0.2) is 4.98 Å². The van der Waals surface area contributed by atoms with Gasteiger partial charge in [-0.15, -0.1) is 0 Å². The van der Waals surface area contributed by atoms with E-state index in [1.165, 1.54) is 6.39 Å². The summed E-state index contributed by atoms with van der Waals surface area (Å²) in [6, 6.07) is 7.60. The molecule has 22 heavy (non-hydrogen) atoms. The summed E-state index contributed by atoms with van der Waals surface area (Å²) in [6.07, 6.45) is 5.08. The number of nitrogens with two attached hydrogens (primary N) is 1. The summed E-state index contributed by atoms with van der Waals surface area (Å²) < 4.78 is 5.26. The van der Waals surface area contributed by atoms with Crippen molar-refractivity contribution in [3.05, 3.63) is 42.4 Å². The molecule has 116 valence electrons. The van der Waals surface area contributed by atoms with E-state index in [0.29, 0.717) is 23.8 Å². The Balaban J connectivity index is 1.77. The van der Waals surface area contributed by atoms with Crippen molar-refractivity contribution in [1.82, 2.24) is 9.88 Å². The van der Waals surface area contributed by atoms with Gasteiger partial charge in [0, 0.05) is 30.3 Å². The zero-order valence-corrected chi connectivity index (χ0v) is 12.7. The zero-order valence-electron chi connectivity index (χ0n) is 12.7. The molecule has 0 spiro atoms. The molecule has 1 fully saturated rings. The highest BCUT2D eigenvalue weighted by Crippen LogP contribution is 2.25. The van der Waals surface area contributed by atoms with E-state index in [-0.39, 0.29) is 11.9 Å². The number of benzene rings is 1. The third-order valence-corrected chi connectivity index (χ3v) is 4.36. The lowest BCUT2D eigenvalue weighted by atomic mass is 9.92. The SMILES string of the molecule is CC1CCN(C(=O)c2ccc(-c3cnco3)cc2)C(CN)C1. The highest BCUT2D eigenvalue weighted by atomic mass is 16.3. The van der Waals surface area contributed by atoms with Crippen LogP contribution in [0.5, 0.6) is 0 Å². The van der Waals surface area contributed by atoms with Crippen LogP contribution < -0.4 is 5.73 Å². The van der Waals surface area contributed by atoms with Gasteiger partial charge in [0.25, 0.3) is 5.91 Å². The van der Waals surface area contributed by atoms with Gasteiger partial charge in [0.2, 0.25) is 0 Å². The van der Waals surface area contributed by atoms with E-state index < -0.39 is 0 Å². The molecule has 2 atom stereocenters. The number of nitrogens with zero attached hydrogens (tertiary/aromatic N) is 2. The molecule has 2 heterocycles. The summed E-state index contributed by atoms with van der Waals surface area (Å²) in [7, 11) is 0. The molecular weight excluding hydrogens is 278 g/mol. The van der Waals surface area contributed by atoms with Crippen molar-refractivity contribution in [2.75, 3.05) is 13.1 Å². The maximum atomic E-state index is 12.7. The number of aromatic nitrogens is 1. The van der Waals surface area contributed by atoms with Crippen LogP contribution in [0.2, 0.25) is 0 Å². The van der Waals surface area contributed by atoms with Gasteiger partial charge in [-0.1, -0.05) is 19.1 Å². The van der Waals surface area contributed by atoms with Crippen LogP contribution in [0.3, 0.4) is 0 Å². The normalized spacial score (nSPS) is 21.8. The number of hydrogen-bond acceptors (Lipinski definition) is 4. The Hall–Kier alpha value is -2.14. The Bertz CT molecular complexity index is 622. The summed E-state index contributed by atoms with van der Waals surface area (Å²) in [5.74, 6) is 1.39. The second-order valence-corrected chi connectivity index (χ2v) is 5.96. The molecular formula is C17H21N3O2. The number of hydrogen-bond donors (Lipinski definition) is 1. The van der Waals surface area contributed by atoms with Crippen molar-refractivity contribution in [2.45, 2.75) is 25.8 Å². The van der Waals surface area contributed by atoms with Crippen LogP contribution in [0, 0.1) is 5.92 Å². The molecule has 2 unspecified atom stereocenters. The Morgan fingerprint density at radius 2 is 2.18 bits per heavy atom. The smallest absolute Gasteiger partial charge is 0.254 e. The summed E-state index contributed by atoms with van der Waals surface area (Å²) in [4.78, 5) is 18.5. The first-order chi connectivity index (χ1) is 10.7. The highest BCUT2D eigenvalue weighted by Gasteiger charge is 2.29. The number of oxazole rings is 1. The van der Waals surface area contributed by atoms with Crippen molar-refractivity contribution in [3.63, 3.8) is 0 Å². The number of piperidine rings is 1. The summed E-state index contributed by atoms with van der Waals surface area (Å²) >= 11 is 0. The fourth-order valence-corrected chi connectivity index (χ4v) is 3.04. The van der Waals surface area contributed by atoms with Crippen molar-refractivity contribution in [1.29, 1.82) is 0 Å². The largest absolute Gasteiger partial charge is 0.444 e. The van der Waals surface area contributed by atoms with Crippen LogP contribution in [0.4, 0.5) is 0 Å². The molecule has 1 saturated heterocycles. The molecule has 1 amide bonds. The molecule has 5 heteroatoms. The van der Waals surface area contributed by atoms with Crippen molar-refractivity contribution >= 4 is 5.91 Å². The molecule has 1 aliphatic rings. The first kappa shape index (κ1) is 14.8. The Kier molecular flexibility index (Phi) is 4.24. The van der Waals surface area contributed by atoms with Crippen molar-refractivity contribution < 1.29 is 9.21 Å². The third-order valence-electron chi connectivity index (χ3n) is 4.36. The molecule has 5 nitrogen and oxygen atoms in total. The second-order valence-electron chi connectivity index (χ2n) is 5.96. The molecule has 0 saturated carbocycles. The molecule has 2 N–H and O–H groups in total. The first-order valence-electron chi connectivity index (χ1n) is 7.69. The van der Waals surface area contributed by atoms with Gasteiger partial charge in [0.15, 0.2) is 12.2 Å². The predicted octanol–water partition coefficient (Wildman–Crippen LogP) is 2.54. The topological polar surface area (TPSA) is 72.4 Å². The lowest BCUT2D eigenvalue weighted by molar-refractivity contribution is 0.0573. The van der Waals surface area contributed by atoms with Gasteiger partial charge in [0.1, 0.15) is 0 Å². The van der Waals surface area contributed by atoms with Crippen LogP contribution in [0.25, 0.3) is 11.3 Å². The molecule has 3 rings (SSSR count). The predicted molar refractivity (Wildman–Crippen MR) is 84.2 cm³/mol. The van der Waals surface area contributed by atoms with Crippen molar-refractivity contribution in [2.24, 2.45) is 11.7 Å². The minimum atomic E-state index is 0.0615.